The van der Waals surface area contributed by atoms with E-state index in [1.807, 2.05) is 14.0 Å². The molecule has 0 spiro atoms. The van der Waals surface area contributed by atoms with E-state index in [4.69, 9.17) is 11.6 Å². The summed E-state index contributed by atoms with van der Waals surface area (Å²) < 4.78 is 1.75. The summed E-state index contributed by atoms with van der Waals surface area (Å²) in [5, 5.41) is 4.92. The molecule has 2 heterocycles. The van der Waals surface area contributed by atoms with Gasteiger partial charge in [-0.3, -0.25) is 9.67 Å². The number of hydrogen-bond acceptors (Lipinski definition) is 2. The van der Waals surface area contributed by atoms with Gasteiger partial charge in [0.05, 0.1) is 10.7 Å². The number of halogens is 1. The third-order valence-electron chi connectivity index (χ3n) is 1.84. The molecule has 0 fully saturated rings. The highest BCUT2D eigenvalue weighted by atomic mass is 35.5. The van der Waals surface area contributed by atoms with Crippen molar-refractivity contribution in [1.82, 2.24) is 14.8 Å². The van der Waals surface area contributed by atoms with Gasteiger partial charge in [0.15, 0.2) is 0 Å². The minimum atomic E-state index is 0.697. The minimum absolute atomic E-state index is 0.697. The molecule has 62 valence electrons. The first-order chi connectivity index (χ1) is 5.70. The predicted molar refractivity (Wildman–Crippen MR) is 48.3 cm³/mol. The quantitative estimate of drug-likeness (QED) is 0.622. The van der Waals surface area contributed by atoms with E-state index in [9.17, 15) is 0 Å². The van der Waals surface area contributed by atoms with E-state index < -0.39 is 0 Å². The van der Waals surface area contributed by atoms with Crippen LogP contribution >= 0.6 is 11.6 Å². The van der Waals surface area contributed by atoms with Gasteiger partial charge in [-0.05, 0) is 13.0 Å². The molecule has 3 nitrogen and oxygen atoms in total. The van der Waals surface area contributed by atoms with Crippen molar-refractivity contribution in [2.24, 2.45) is 7.05 Å². The van der Waals surface area contributed by atoms with E-state index in [0.717, 1.165) is 16.7 Å². The van der Waals surface area contributed by atoms with E-state index in [-0.39, 0.29) is 0 Å². The largest absolute Gasteiger partial charge is 0.264 e. The number of aromatic nitrogens is 3. The summed E-state index contributed by atoms with van der Waals surface area (Å²) in [6, 6.07) is 1.77. The minimum Gasteiger partial charge on any atom is -0.264 e. The molecular formula is C8H8ClN3. The molecule has 4 heteroatoms. The van der Waals surface area contributed by atoms with Gasteiger partial charge in [0.2, 0.25) is 0 Å². The van der Waals surface area contributed by atoms with E-state index in [1.165, 1.54) is 0 Å². The maximum atomic E-state index is 5.97. The normalized spacial score (nSPS) is 10.9. The molecule has 0 atom stereocenters. The molecule has 2 rings (SSSR count). The van der Waals surface area contributed by atoms with Gasteiger partial charge in [-0.1, -0.05) is 11.6 Å². The first-order valence-electron chi connectivity index (χ1n) is 3.64. The topological polar surface area (TPSA) is 30.7 Å². The second-order valence-electron chi connectivity index (χ2n) is 2.70. The van der Waals surface area contributed by atoms with E-state index in [2.05, 4.69) is 10.1 Å². The van der Waals surface area contributed by atoms with Gasteiger partial charge in [0.25, 0.3) is 0 Å². The van der Waals surface area contributed by atoms with Crippen LogP contribution < -0.4 is 0 Å². The standard InChI is InChI=1S/C8H8ClN3/c1-5-7-8(12(2)11-5)6(9)3-4-10-7/h3-4H,1-2H3. The SMILES string of the molecule is Cc1nn(C)c2c(Cl)ccnc12. The zero-order valence-electron chi connectivity index (χ0n) is 6.87. The van der Waals surface area contributed by atoms with Gasteiger partial charge >= 0.3 is 0 Å². The summed E-state index contributed by atoms with van der Waals surface area (Å²) in [5.41, 5.74) is 2.69. The molecule has 2 aromatic rings. The molecule has 0 aromatic carbocycles. The van der Waals surface area contributed by atoms with Crippen molar-refractivity contribution < 1.29 is 0 Å². The Kier molecular flexibility index (Phi) is 1.54. The third-order valence-corrected chi connectivity index (χ3v) is 2.15. The van der Waals surface area contributed by atoms with Gasteiger partial charge in [0.1, 0.15) is 11.0 Å². The summed E-state index contributed by atoms with van der Waals surface area (Å²) in [5.74, 6) is 0. The average Bonchev–Trinajstić information content (AvgIpc) is 2.29. The van der Waals surface area contributed by atoms with Crippen molar-refractivity contribution >= 4 is 22.6 Å². The Labute approximate surface area is 75.0 Å². The zero-order valence-corrected chi connectivity index (χ0v) is 7.63. The van der Waals surface area contributed by atoms with Crippen LogP contribution in [0.1, 0.15) is 5.69 Å². The molecule has 2 aromatic heterocycles. The van der Waals surface area contributed by atoms with Crippen LogP contribution in [-0.4, -0.2) is 14.8 Å². The van der Waals surface area contributed by atoms with Crippen LogP contribution in [0.3, 0.4) is 0 Å². The summed E-state index contributed by atoms with van der Waals surface area (Å²) in [6.07, 6.45) is 1.69. The fraction of sp³-hybridized carbons (Fsp3) is 0.250. The molecule has 0 aliphatic rings. The highest BCUT2D eigenvalue weighted by molar-refractivity contribution is 6.34. The molecule has 0 aliphatic heterocycles. The van der Waals surface area contributed by atoms with E-state index in [1.54, 1.807) is 16.9 Å². The van der Waals surface area contributed by atoms with Crippen molar-refractivity contribution in [2.45, 2.75) is 6.92 Å². The fourth-order valence-electron chi connectivity index (χ4n) is 1.33. The Morgan fingerprint density at radius 3 is 2.92 bits per heavy atom. The first-order valence-corrected chi connectivity index (χ1v) is 4.02. The molecule has 0 bridgehead atoms. The van der Waals surface area contributed by atoms with Gasteiger partial charge in [-0.2, -0.15) is 5.10 Å². The first kappa shape index (κ1) is 7.55. The van der Waals surface area contributed by atoms with Crippen molar-refractivity contribution in [3.05, 3.63) is 23.0 Å². The number of nitrogens with zero attached hydrogens (tertiary/aromatic N) is 3. The highest BCUT2D eigenvalue weighted by Crippen LogP contribution is 2.22. The average molecular weight is 182 g/mol. The predicted octanol–water partition coefficient (Wildman–Crippen LogP) is 1.93. The summed E-state index contributed by atoms with van der Waals surface area (Å²) in [7, 11) is 1.86. The van der Waals surface area contributed by atoms with Crippen molar-refractivity contribution in [1.29, 1.82) is 0 Å². The maximum absolute atomic E-state index is 5.97. The van der Waals surface area contributed by atoms with E-state index in [0.29, 0.717) is 5.02 Å². The molecule has 0 unspecified atom stereocenters. The number of fused-ring (bicyclic) bond motifs is 1. The number of rotatable bonds is 0. The van der Waals surface area contributed by atoms with Crippen LogP contribution in [0.2, 0.25) is 5.02 Å². The molecule has 0 saturated heterocycles. The van der Waals surface area contributed by atoms with Crippen LogP contribution in [0.15, 0.2) is 12.3 Å². The fourth-order valence-corrected chi connectivity index (χ4v) is 1.59. The second kappa shape index (κ2) is 2.45. The second-order valence-corrected chi connectivity index (χ2v) is 3.11. The number of aryl methyl sites for hydroxylation is 2. The van der Waals surface area contributed by atoms with Crippen molar-refractivity contribution in [2.75, 3.05) is 0 Å². The lowest BCUT2D eigenvalue weighted by molar-refractivity contribution is 0.783. The van der Waals surface area contributed by atoms with Gasteiger partial charge in [-0.25, -0.2) is 0 Å². The summed E-state index contributed by atoms with van der Waals surface area (Å²) >= 11 is 5.97. The molecule has 0 saturated carbocycles. The van der Waals surface area contributed by atoms with Gasteiger partial charge < -0.3 is 0 Å². The lowest BCUT2D eigenvalue weighted by atomic mass is 10.3. The number of hydrogen-bond donors (Lipinski definition) is 0. The summed E-state index contributed by atoms with van der Waals surface area (Å²) in [6.45, 7) is 1.92. The molecule has 0 N–H and O–H groups in total. The van der Waals surface area contributed by atoms with Gasteiger partial charge in [0, 0.05) is 13.2 Å². The van der Waals surface area contributed by atoms with Crippen molar-refractivity contribution in [3.63, 3.8) is 0 Å². The van der Waals surface area contributed by atoms with Crippen LogP contribution in [0, 0.1) is 6.92 Å². The van der Waals surface area contributed by atoms with Crippen LogP contribution in [-0.2, 0) is 7.05 Å². The van der Waals surface area contributed by atoms with E-state index >= 15 is 0 Å². The number of pyridine rings is 1. The van der Waals surface area contributed by atoms with Crippen LogP contribution in [0.25, 0.3) is 11.0 Å². The lowest BCUT2D eigenvalue weighted by Crippen LogP contribution is -1.89. The Hall–Kier alpha value is -1.09. The molecule has 0 aliphatic carbocycles. The summed E-state index contributed by atoms with van der Waals surface area (Å²) in [4.78, 5) is 4.19. The smallest absolute Gasteiger partial charge is 0.113 e. The molecular weight excluding hydrogens is 174 g/mol. The monoisotopic (exact) mass is 181 g/mol. The lowest BCUT2D eigenvalue weighted by Gasteiger charge is -1.94. The zero-order chi connectivity index (χ0) is 8.72. The Bertz CT molecular complexity index is 433. The Morgan fingerprint density at radius 1 is 1.50 bits per heavy atom. The Morgan fingerprint density at radius 2 is 2.25 bits per heavy atom. The van der Waals surface area contributed by atoms with Crippen LogP contribution in [0.4, 0.5) is 0 Å². The molecule has 0 radical (unpaired) electrons. The molecule has 0 amide bonds. The van der Waals surface area contributed by atoms with Gasteiger partial charge in [-0.15, -0.1) is 0 Å². The Balaban J connectivity index is 2.99. The van der Waals surface area contributed by atoms with Crippen LogP contribution in [0.5, 0.6) is 0 Å². The van der Waals surface area contributed by atoms with Crippen molar-refractivity contribution in [3.8, 4) is 0 Å². The highest BCUT2D eigenvalue weighted by Gasteiger charge is 2.07. The maximum Gasteiger partial charge on any atom is 0.113 e. The third kappa shape index (κ3) is 0.898. The molecule has 12 heavy (non-hydrogen) atoms.